The summed E-state index contributed by atoms with van der Waals surface area (Å²) >= 11 is 0. The SMILES string of the molecule is Cc1ccc(-c2ccccc2)cc1[N+](=O)O. The highest BCUT2D eigenvalue weighted by molar-refractivity contribution is 5.67. The van der Waals surface area contributed by atoms with Gasteiger partial charge in [-0.1, -0.05) is 42.5 Å². The van der Waals surface area contributed by atoms with Crippen molar-refractivity contribution in [3.63, 3.8) is 0 Å². The molecule has 3 nitrogen and oxygen atoms in total. The van der Waals surface area contributed by atoms with Crippen LogP contribution in [-0.4, -0.2) is 10.1 Å². The van der Waals surface area contributed by atoms with E-state index < -0.39 is 0 Å². The van der Waals surface area contributed by atoms with Gasteiger partial charge in [0.25, 0.3) is 4.92 Å². The third-order valence-corrected chi connectivity index (χ3v) is 2.52. The van der Waals surface area contributed by atoms with E-state index in [4.69, 9.17) is 5.21 Å². The van der Waals surface area contributed by atoms with Gasteiger partial charge in [0.1, 0.15) is 0 Å². The van der Waals surface area contributed by atoms with Crippen molar-refractivity contribution in [1.82, 2.24) is 0 Å². The Balaban J connectivity index is 2.52. The zero-order valence-electron chi connectivity index (χ0n) is 8.92. The molecule has 0 spiro atoms. The molecule has 80 valence electrons. The van der Waals surface area contributed by atoms with E-state index in [0.717, 1.165) is 16.7 Å². The largest absolute Gasteiger partial charge is 0.320 e. The monoisotopic (exact) mass is 214 g/mol. The molecule has 2 aromatic carbocycles. The predicted octanol–water partition coefficient (Wildman–Crippen LogP) is 3.46. The topological polar surface area (TPSA) is 40.3 Å². The average molecular weight is 214 g/mol. The third kappa shape index (κ3) is 1.93. The van der Waals surface area contributed by atoms with Crippen LogP contribution < -0.4 is 0 Å². The fourth-order valence-corrected chi connectivity index (χ4v) is 1.63. The minimum absolute atomic E-state index is 0.0955. The maximum Gasteiger partial charge on any atom is 0.320 e. The Morgan fingerprint density at radius 1 is 1.00 bits per heavy atom. The summed E-state index contributed by atoms with van der Waals surface area (Å²) in [6.07, 6.45) is 0. The highest BCUT2D eigenvalue weighted by Crippen LogP contribution is 2.26. The van der Waals surface area contributed by atoms with E-state index in [-0.39, 0.29) is 10.6 Å². The highest BCUT2D eigenvalue weighted by atomic mass is 16.6. The lowest BCUT2D eigenvalue weighted by molar-refractivity contribution is -0.730. The van der Waals surface area contributed by atoms with Crippen molar-refractivity contribution in [2.45, 2.75) is 6.92 Å². The van der Waals surface area contributed by atoms with Gasteiger partial charge in [0.05, 0.1) is 4.91 Å². The van der Waals surface area contributed by atoms with Crippen molar-refractivity contribution in [3.8, 4) is 11.1 Å². The van der Waals surface area contributed by atoms with E-state index in [9.17, 15) is 4.91 Å². The lowest BCUT2D eigenvalue weighted by Crippen LogP contribution is -1.95. The normalized spacial score (nSPS) is 10.1. The highest BCUT2D eigenvalue weighted by Gasteiger charge is 2.16. The van der Waals surface area contributed by atoms with Crippen molar-refractivity contribution < 1.29 is 10.1 Å². The first-order valence-corrected chi connectivity index (χ1v) is 5.00. The minimum Gasteiger partial charge on any atom is -0.241 e. The third-order valence-electron chi connectivity index (χ3n) is 2.52. The van der Waals surface area contributed by atoms with Crippen LogP contribution in [0.5, 0.6) is 0 Å². The molecular weight excluding hydrogens is 202 g/mol. The Morgan fingerprint density at radius 3 is 2.31 bits per heavy atom. The summed E-state index contributed by atoms with van der Waals surface area (Å²) in [5.41, 5.74) is 2.96. The molecule has 0 saturated heterocycles. The Labute approximate surface area is 93.5 Å². The number of nitrogens with zero attached hydrogens (tertiary/aromatic N) is 1. The van der Waals surface area contributed by atoms with E-state index in [1.165, 1.54) is 0 Å². The van der Waals surface area contributed by atoms with Gasteiger partial charge < -0.3 is 0 Å². The van der Waals surface area contributed by atoms with Crippen LogP contribution in [0.25, 0.3) is 11.1 Å². The van der Waals surface area contributed by atoms with E-state index in [2.05, 4.69) is 0 Å². The van der Waals surface area contributed by atoms with Crippen molar-refractivity contribution in [3.05, 3.63) is 59.0 Å². The molecular formula is C13H12NO2+. The summed E-state index contributed by atoms with van der Waals surface area (Å²) in [4.78, 5) is 10.8. The van der Waals surface area contributed by atoms with E-state index in [1.807, 2.05) is 42.5 Å². The molecule has 0 fully saturated rings. The predicted molar refractivity (Wildman–Crippen MR) is 61.7 cm³/mol. The molecule has 2 rings (SSSR count). The summed E-state index contributed by atoms with van der Waals surface area (Å²) in [6, 6.07) is 15.1. The van der Waals surface area contributed by atoms with Gasteiger partial charge in [-0.25, -0.2) is 5.21 Å². The quantitative estimate of drug-likeness (QED) is 0.777. The molecule has 0 atom stereocenters. The van der Waals surface area contributed by atoms with Gasteiger partial charge in [-0.05, 0) is 18.1 Å². The van der Waals surface area contributed by atoms with E-state index in [0.29, 0.717) is 0 Å². The van der Waals surface area contributed by atoms with Crippen molar-refractivity contribution in [1.29, 1.82) is 0 Å². The first kappa shape index (κ1) is 10.4. The van der Waals surface area contributed by atoms with Gasteiger partial charge in [-0.2, -0.15) is 0 Å². The van der Waals surface area contributed by atoms with Crippen LogP contribution in [0.4, 0.5) is 5.69 Å². The zero-order valence-corrected chi connectivity index (χ0v) is 8.92. The molecule has 3 heteroatoms. The summed E-state index contributed by atoms with van der Waals surface area (Å²) in [5.74, 6) is 0. The summed E-state index contributed by atoms with van der Waals surface area (Å²) < 4.78 is 0. The van der Waals surface area contributed by atoms with E-state index in [1.54, 1.807) is 13.0 Å². The molecule has 1 N–H and O–H groups in total. The molecule has 0 aliphatic heterocycles. The molecule has 0 amide bonds. The fraction of sp³-hybridized carbons (Fsp3) is 0.0769. The molecule has 0 radical (unpaired) electrons. The van der Waals surface area contributed by atoms with Crippen LogP contribution in [0.3, 0.4) is 0 Å². The van der Waals surface area contributed by atoms with Crippen molar-refractivity contribution in [2.75, 3.05) is 0 Å². The van der Waals surface area contributed by atoms with Crippen LogP contribution in [0, 0.1) is 11.8 Å². The van der Waals surface area contributed by atoms with Crippen LogP contribution in [0.2, 0.25) is 0 Å². The first-order chi connectivity index (χ1) is 7.68. The van der Waals surface area contributed by atoms with Crippen LogP contribution in [0.15, 0.2) is 48.5 Å². The first-order valence-electron chi connectivity index (χ1n) is 5.00. The maximum absolute atomic E-state index is 10.9. The second-order valence-electron chi connectivity index (χ2n) is 3.64. The minimum atomic E-state index is -0.0955. The van der Waals surface area contributed by atoms with Gasteiger partial charge >= 0.3 is 5.69 Å². The number of hydrogen-bond acceptors (Lipinski definition) is 1. The zero-order chi connectivity index (χ0) is 11.5. The standard InChI is InChI=1S/C13H12NO2/c1-10-7-8-12(9-13(10)14(15)16)11-5-3-2-4-6-11/h2-9H,1H3,(H,15,16)/q+1. The molecule has 0 aliphatic carbocycles. The van der Waals surface area contributed by atoms with Gasteiger partial charge in [-0.15, -0.1) is 0 Å². The van der Waals surface area contributed by atoms with Crippen LogP contribution in [-0.2, 0) is 0 Å². The molecule has 2 aromatic rings. The molecule has 0 aliphatic rings. The van der Waals surface area contributed by atoms with E-state index >= 15 is 0 Å². The molecule has 16 heavy (non-hydrogen) atoms. The smallest absolute Gasteiger partial charge is 0.241 e. The van der Waals surface area contributed by atoms with Gasteiger partial charge in [0.15, 0.2) is 0 Å². The lowest BCUT2D eigenvalue weighted by atomic mass is 10.0. The van der Waals surface area contributed by atoms with Crippen LogP contribution in [0.1, 0.15) is 5.56 Å². The molecule has 0 unspecified atom stereocenters. The van der Waals surface area contributed by atoms with Crippen LogP contribution >= 0.6 is 0 Å². The second kappa shape index (κ2) is 4.14. The van der Waals surface area contributed by atoms with Gasteiger partial charge in [0, 0.05) is 11.6 Å². The fourth-order valence-electron chi connectivity index (χ4n) is 1.63. The maximum atomic E-state index is 10.9. The Morgan fingerprint density at radius 2 is 1.69 bits per heavy atom. The molecule has 0 heterocycles. The van der Waals surface area contributed by atoms with Crippen molar-refractivity contribution >= 4 is 5.69 Å². The lowest BCUT2D eigenvalue weighted by Gasteiger charge is -2.01. The number of aryl methyl sites for hydroxylation is 1. The number of benzene rings is 2. The Hall–Kier alpha value is -2.16. The summed E-state index contributed by atoms with van der Waals surface area (Å²) in [6.45, 7) is 1.78. The summed E-state index contributed by atoms with van der Waals surface area (Å²) in [7, 11) is 0. The molecule has 0 bridgehead atoms. The molecule has 0 saturated carbocycles. The number of hydrogen-bond donors (Lipinski definition) is 1. The van der Waals surface area contributed by atoms with Gasteiger partial charge in [-0.3, -0.25) is 0 Å². The average Bonchev–Trinajstić information content (AvgIpc) is 2.30. The summed E-state index contributed by atoms with van der Waals surface area (Å²) in [5, 5.41) is 8.95. The van der Waals surface area contributed by atoms with Crippen molar-refractivity contribution in [2.24, 2.45) is 0 Å². The Bertz CT molecular complexity index is 521. The number of rotatable bonds is 2. The molecule has 0 aromatic heterocycles. The second-order valence-corrected chi connectivity index (χ2v) is 3.64. The Kier molecular flexibility index (Phi) is 2.68. The van der Waals surface area contributed by atoms with Gasteiger partial charge in [0.2, 0.25) is 0 Å².